The first-order valence-corrected chi connectivity index (χ1v) is 17.0. The average Bonchev–Trinajstić information content (AvgIpc) is 2.52. The first kappa shape index (κ1) is 24.7. The standard InChI is InChI=1S/C19H44O2SSi2/c1-9-14-16-20-23(8,17-18(6)7)21-19(15-10-2)22-24(11-3,12-4)13-5/h18-19H,9-17H2,1-8H3. The summed E-state index contributed by atoms with van der Waals surface area (Å²) in [6.07, 6.45) is 4.70. The molecule has 0 rings (SSSR count). The van der Waals surface area contributed by atoms with Crippen molar-refractivity contribution in [2.75, 3.05) is 6.61 Å². The van der Waals surface area contributed by atoms with Crippen molar-refractivity contribution in [1.82, 2.24) is 0 Å². The quantitative estimate of drug-likeness (QED) is 0.164. The van der Waals surface area contributed by atoms with Crippen LogP contribution in [0.15, 0.2) is 0 Å². The predicted octanol–water partition coefficient (Wildman–Crippen LogP) is 7.41. The van der Waals surface area contributed by atoms with E-state index in [1.807, 2.05) is 0 Å². The van der Waals surface area contributed by atoms with Crippen molar-refractivity contribution in [3.8, 4) is 0 Å². The van der Waals surface area contributed by atoms with Gasteiger partial charge >= 0.3 is 8.56 Å². The lowest BCUT2D eigenvalue weighted by Crippen LogP contribution is -2.44. The monoisotopic (exact) mass is 392 g/mol. The van der Waals surface area contributed by atoms with Gasteiger partial charge in [0.25, 0.3) is 0 Å². The van der Waals surface area contributed by atoms with E-state index in [0.29, 0.717) is 11.4 Å². The molecule has 0 aliphatic heterocycles. The molecule has 0 fully saturated rings. The van der Waals surface area contributed by atoms with Crippen LogP contribution in [0, 0.1) is 5.92 Å². The summed E-state index contributed by atoms with van der Waals surface area (Å²) in [6.45, 7) is 19.4. The molecular weight excluding hydrogens is 348 g/mol. The Morgan fingerprint density at radius 1 is 0.917 bits per heavy atom. The van der Waals surface area contributed by atoms with E-state index in [9.17, 15) is 0 Å². The number of hydrogen-bond donors (Lipinski definition) is 0. The largest absolute Gasteiger partial charge is 0.394 e. The zero-order chi connectivity index (χ0) is 18.6. The van der Waals surface area contributed by atoms with Crippen LogP contribution in [0.4, 0.5) is 0 Å². The fourth-order valence-corrected chi connectivity index (χ4v) is 13.9. The zero-order valence-corrected chi connectivity index (χ0v) is 20.6. The van der Waals surface area contributed by atoms with Gasteiger partial charge in [-0.25, -0.2) is 0 Å². The van der Waals surface area contributed by atoms with Crippen molar-refractivity contribution in [1.29, 1.82) is 0 Å². The van der Waals surface area contributed by atoms with Crippen LogP contribution >= 0.6 is 11.2 Å². The van der Waals surface area contributed by atoms with Crippen molar-refractivity contribution in [2.24, 2.45) is 5.92 Å². The first-order chi connectivity index (χ1) is 11.3. The SMILES string of the molecule is CCCCO[Si](C)(CC(C)C)OC(CCC)S[Si](CC)(CC)CC. The minimum atomic E-state index is -2.09. The van der Waals surface area contributed by atoms with Gasteiger partial charge in [-0.05, 0) is 31.4 Å². The molecule has 0 saturated heterocycles. The molecule has 0 bridgehead atoms. The highest BCUT2D eigenvalue weighted by Gasteiger charge is 2.38. The highest BCUT2D eigenvalue weighted by atomic mass is 32.4. The molecule has 24 heavy (non-hydrogen) atoms. The minimum absolute atomic E-state index is 0.346. The van der Waals surface area contributed by atoms with Gasteiger partial charge in [0.1, 0.15) is 7.22 Å². The summed E-state index contributed by atoms with van der Waals surface area (Å²) < 4.78 is 13.2. The lowest BCUT2D eigenvalue weighted by atomic mass is 10.3. The highest BCUT2D eigenvalue weighted by molar-refractivity contribution is 8.29. The Bertz CT molecular complexity index is 303. The Hall–Kier alpha value is 0.704. The van der Waals surface area contributed by atoms with Crippen LogP contribution in [0.3, 0.4) is 0 Å². The third kappa shape index (κ3) is 9.41. The summed E-state index contributed by atoms with van der Waals surface area (Å²) in [5.74, 6) is 0.640. The maximum absolute atomic E-state index is 6.81. The molecule has 0 amide bonds. The highest BCUT2D eigenvalue weighted by Crippen LogP contribution is 2.39. The molecule has 2 unspecified atom stereocenters. The summed E-state index contributed by atoms with van der Waals surface area (Å²) >= 11 is 2.23. The van der Waals surface area contributed by atoms with Crippen LogP contribution in [0.5, 0.6) is 0 Å². The van der Waals surface area contributed by atoms with Crippen LogP contribution in [0.25, 0.3) is 0 Å². The second kappa shape index (κ2) is 13.0. The fraction of sp³-hybridized carbons (Fsp3) is 1.00. The zero-order valence-electron chi connectivity index (χ0n) is 17.7. The molecule has 2 nitrogen and oxygen atoms in total. The molecule has 0 saturated carbocycles. The molecule has 2 atom stereocenters. The van der Waals surface area contributed by atoms with Crippen LogP contribution < -0.4 is 0 Å². The van der Waals surface area contributed by atoms with Crippen molar-refractivity contribution >= 4 is 27.0 Å². The lowest BCUT2D eigenvalue weighted by Gasteiger charge is -2.37. The summed E-state index contributed by atoms with van der Waals surface area (Å²) in [6, 6.07) is 5.17. The normalized spacial score (nSPS) is 16.4. The van der Waals surface area contributed by atoms with Crippen molar-refractivity contribution in [2.45, 2.75) is 110 Å². The molecule has 0 aromatic carbocycles. The summed E-state index contributed by atoms with van der Waals surface area (Å²) in [5.41, 5.74) is 0.346. The van der Waals surface area contributed by atoms with Crippen LogP contribution in [-0.4, -0.2) is 27.8 Å². The van der Waals surface area contributed by atoms with E-state index >= 15 is 0 Å². The molecule has 0 spiro atoms. The number of unbranched alkanes of at least 4 members (excludes halogenated alkanes) is 1. The summed E-state index contributed by atoms with van der Waals surface area (Å²) in [7, 11) is -3.32. The third-order valence-corrected chi connectivity index (χ3v) is 18.1. The van der Waals surface area contributed by atoms with E-state index < -0.39 is 15.8 Å². The van der Waals surface area contributed by atoms with E-state index in [2.05, 4.69) is 66.2 Å². The maximum Gasteiger partial charge on any atom is 0.336 e. The fourth-order valence-electron chi connectivity index (χ4n) is 3.25. The minimum Gasteiger partial charge on any atom is -0.394 e. The van der Waals surface area contributed by atoms with Crippen molar-refractivity contribution in [3.63, 3.8) is 0 Å². The Balaban J connectivity index is 5.09. The van der Waals surface area contributed by atoms with Gasteiger partial charge < -0.3 is 8.85 Å². The Kier molecular flexibility index (Phi) is 13.3. The second-order valence-corrected chi connectivity index (χ2v) is 19.4. The predicted molar refractivity (Wildman–Crippen MR) is 117 cm³/mol. The van der Waals surface area contributed by atoms with Gasteiger partial charge in [0, 0.05) is 6.61 Å². The van der Waals surface area contributed by atoms with Gasteiger partial charge in [-0.1, -0.05) is 79.4 Å². The van der Waals surface area contributed by atoms with Crippen LogP contribution in [0.2, 0.25) is 30.7 Å². The van der Waals surface area contributed by atoms with Gasteiger partial charge in [-0.3, -0.25) is 0 Å². The molecule has 0 heterocycles. The van der Waals surface area contributed by atoms with Crippen molar-refractivity contribution < 1.29 is 8.85 Å². The van der Waals surface area contributed by atoms with E-state index in [1.54, 1.807) is 0 Å². The average molecular weight is 393 g/mol. The van der Waals surface area contributed by atoms with Gasteiger partial charge in [0.05, 0.1) is 5.44 Å². The molecule has 5 heteroatoms. The first-order valence-electron chi connectivity index (χ1n) is 10.3. The molecule has 0 aliphatic carbocycles. The van der Waals surface area contributed by atoms with E-state index in [0.717, 1.165) is 25.5 Å². The molecule has 0 aliphatic rings. The lowest BCUT2D eigenvalue weighted by molar-refractivity contribution is 0.151. The topological polar surface area (TPSA) is 18.5 Å². The van der Waals surface area contributed by atoms with Gasteiger partial charge in [0.2, 0.25) is 0 Å². The third-order valence-electron chi connectivity index (χ3n) is 4.90. The molecule has 0 aromatic rings. The molecule has 0 aromatic heterocycles. The number of rotatable bonds is 15. The summed E-state index contributed by atoms with van der Waals surface area (Å²) in [4.78, 5) is 0. The molecule has 0 N–H and O–H groups in total. The van der Waals surface area contributed by atoms with Crippen LogP contribution in [0.1, 0.15) is 74.1 Å². The number of hydrogen-bond acceptors (Lipinski definition) is 3. The maximum atomic E-state index is 6.81. The van der Waals surface area contributed by atoms with Gasteiger partial charge in [0.15, 0.2) is 0 Å². The Morgan fingerprint density at radius 2 is 1.50 bits per heavy atom. The Morgan fingerprint density at radius 3 is 1.92 bits per heavy atom. The Labute approximate surface area is 158 Å². The smallest absolute Gasteiger partial charge is 0.336 e. The molecule has 146 valence electrons. The van der Waals surface area contributed by atoms with E-state index in [4.69, 9.17) is 8.85 Å². The van der Waals surface area contributed by atoms with Gasteiger partial charge in [-0.2, -0.15) is 11.2 Å². The van der Waals surface area contributed by atoms with E-state index in [-0.39, 0.29) is 0 Å². The second-order valence-electron chi connectivity index (χ2n) is 7.63. The van der Waals surface area contributed by atoms with Gasteiger partial charge in [-0.15, -0.1) is 0 Å². The molecule has 0 radical (unpaired) electrons. The van der Waals surface area contributed by atoms with Crippen LogP contribution in [-0.2, 0) is 8.85 Å². The summed E-state index contributed by atoms with van der Waals surface area (Å²) in [5, 5.41) is 0. The van der Waals surface area contributed by atoms with Crippen molar-refractivity contribution in [3.05, 3.63) is 0 Å². The van der Waals surface area contributed by atoms with E-state index in [1.165, 1.54) is 31.0 Å². The molecular formula is C19H44O2SSi2.